The van der Waals surface area contributed by atoms with Crippen molar-refractivity contribution in [2.24, 2.45) is 0 Å². The first-order chi connectivity index (χ1) is 14.3. The molecule has 156 valence electrons. The summed E-state index contributed by atoms with van der Waals surface area (Å²) in [7, 11) is 2.08. The molecule has 2 amide bonds. The predicted octanol–water partition coefficient (Wildman–Crippen LogP) is 3.52. The average Bonchev–Trinajstić information content (AvgIpc) is 2.99. The number of rotatable bonds is 3. The molecule has 30 heavy (non-hydrogen) atoms. The minimum absolute atomic E-state index is 0.00991. The van der Waals surface area contributed by atoms with Gasteiger partial charge in [-0.25, -0.2) is 4.90 Å². The van der Waals surface area contributed by atoms with E-state index in [0.29, 0.717) is 17.0 Å². The zero-order valence-corrected chi connectivity index (χ0v) is 18.2. The van der Waals surface area contributed by atoms with E-state index in [1.165, 1.54) is 10.5 Å². The first-order valence-corrected chi connectivity index (χ1v) is 10.5. The number of anilines is 1. The Kier molecular flexibility index (Phi) is 5.24. The molecule has 0 aliphatic carbocycles. The summed E-state index contributed by atoms with van der Waals surface area (Å²) in [6.45, 7) is 9.65. The number of imide groups is 1. The highest BCUT2D eigenvalue weighted by Crippen LogP contribution is 2.35. The third-order valence-corrected chi connectivity index (χ3v) is 5.93. The molecular formula is C25H29N3O2. The van der Waals surface area contributed by atoms with Crippen LogP contribution in [-0.4, -0.2) is 54.8 Å². The molecule has 0 spiro atoms. The number of carbonyl (C=O) groups is 2. The Labute approximate surface area is 178 Å². The smallest absolute Gasteiger partial charge is 0.282 e. The Morgan fingerprint density at radius 3 is 1.93 bits per heavy atom. The summed E-state index contributed by atoms with van der Waals surface area (Å²) < 4.78 is 0. The number of piperazine rings is 1. The van der Waals surface area contributed by atoms with Gasteiger partial charge in [0.05, 0.1) is 11.3 Å². The van der Waals surface area contributed by atoms with Crippen LogP contribution in [-0.2, 0) is 15.0 Å². The van der Waals surface area contributed by atoms with Gasteiger partial charge in [0.25, 0.3) is 11.8 Å². The summed E-state index contributed by atoms with van der Waals surface area (Å²) in [5.41, 5.74) is 3.62. The number of benzene rings is 2. The second-order valence-corrected chi connectivity index (χ2v) is 9.12. The van der Waals surface area contributed by atoms with Crippen LogP contribution in [0.3, 0.4) is 0 Å². The molecule has 0 aromatic heterocycles. The average molecular weight is 404 g/mol. The van der Waals surface area contributed by atoms with Gasteiger partial charge in [-0.2, -0.15) is 0 Å². The van der Waals surface area contributed by atoms with Crippen molar-refractivity contribution in [1.82, 2.24) is 9.80 Å². The van der Waals surface area contributed by atoms with E-state index in [4.69, 9.17) is 0 Å². The van der Waals surface area contributed by atoms with Crippen molar-refractivity contribution in [1.29, 1.82) is 0 Å². The summed E-state index contributed by atoms with van der Waals surface area (Å²) in [4.78, 5) is 32.7. The van der Waals surface area contributed by atoms with Crippen LogP contribution in [0.25, 0.3) is 5.57 Å². The lowest BCUT2D eigenvalue weighted by Gasteiger charge is -2.34. The molecule has 0 unspecified atom stereocenters. The van der Waals surface area contributed by atoms with Crippen LogP contribution < -0.4 is 4.90 Å². The quantitative estimate of drug-likeness (QED) is 0.736. The number of amides is 2. The third-order valence-electron chi connectivity index (χ3n) is 5.93. The van der Waals surface area contributed by atoms with Gasteiger partial charge in [-0.05, 0) is 35.7 Å². The van der Waals surface area contributed by atoms with Crippen LogP contribution in [0, 0.1) is 0 Å². The van der Waals surface area contributed by atoms with Crippen LogP contribution in [0.5, 0.6) is 0 Å². The van der Waals surface area contributed by atoms with Crippen molar-refractivity contribution >= 4 is 23.1 Å². The molecule has 1 saturated heterocycles. The Hall–Kier alpha value is -2.92. The topological polar surface area (TPSA) is 43.9 Å². The molecule has 0 atom stereocenters. The number of likely N-dealkylation sites (N-methyl/N-ethyl adjacent to an activating group) is 1. The van der Waals surface area contributed by atoms with E-state index in [9.17, 15) is 9.59 Å². The Morgan fingerprint density at radius 1 is 0.767 bits per heavy atom. The van der Waals surface area contributed by atoms with E-state index >= 15 is 0 Å². The Bertz CT molecular complexity index is 979. The predicted molar refractivity (Wildman–Crippen MR) is 120 cm³/mol. The van der Waals surface area contributed by atoms with Gasteiger partial charge in [-0.15, -0.1) is 0 Å². The Balaban J connectivity index is 1.75. The van der Waals surface area contributed by atoms with E-state index < -0.39 is 0 Å². The highest BCUT2D eigenvalue weighted by atomic mass is 16.2. The summed E-state index contributed by atoms with van der Waals surface area (Å²) in [5, 5.41) is 0. The molecule has 0 bridgehead atoms. The molecule has 2 aliphatic heterocycles. The van der Waals surface area contributed by atoms with Crippen LogP contribution in [0.1, 0.15) is 31.9 Å². The summed E-state index contributed by atoms with van der Waals surface area (Å²) in [6, 6.07) is 17.3. The number of hydrogen-bond acceptors (Lipinski definition) is 4. The molecule has 0 saturated carbocycles. The van der Waals surface area contributed by atoms with Gasteiger partial charge in [0.15, 0.2) is 0 Å². The standard InChI is InChI=1S/C25H29N3O2/c1-25(2,3)19-10-12-20(13-11-19)28-23(29)21(18-8-6-5-7-9-18)22(24(28)30)27-16-14-26(4)15-17-27/h5-13H,14-17H2,1-4H3. The van der Waals surface area contributed by atoms with Crippen molar-refractivity contribution < 1.29 is 9.59 Å². The molecule has 2 heterocycles. The summed E-state index contributed by atoms with van der Waals surface area (Å²) in [5.74, 6) is -0.476. The van der Waals surface area contributed by atoms with Gasteiger partial charge in [0, 0.05) is 26.2 Å². The number of hydrogen-bond donors (Lipinski definition) is 0. The van der Waals surface area contributed by atoms with Gasteiger partial charge < -0.3 is 9.80 Å². The molecular weight excluding hydrogens is 374 g/mol. The SMILES string of the molecule is CN1CCN(C2=C(c3ccccc3)C(=O)N(c3ccc(C(C)(C)C)cc3)C2=O)CC1. The van der Waals surface area contributed by atoms with Gasteiger partial charge in [0.2, 0.25) is 0 Å². The fourth-order valence-electron chi connectivity index (χ4n) is 4.05. The highest BCUT2D eigenvalue weighted by molar-refractivity contribution is 6.45. The van der Waals surface area contributed by atoms with Crippen molar-refractivity contribution in [2.75, 3.05) is 38.1 Å². The molecule has 2 aliphatic rings. The molecule has 1 fully saturated rings. The zero-order valence-electron chi connectivity index (χ0n) is 18.2. The van der Waals surface area contributed by atoms with E-state index in [1.807, 2.05) is 54.6 Å². The van der Waals surface area contributed by atoms with E-state index in [0.717, 1.165) is 31.7 Å². The zero-order chi connectivity index (χ0) is 21.5. The van der Waals surface area contributed by atoms with E-state index in [1.54, 1.807) is 0 Å². The molecule has 2 aromatic carbocycles. The monoisotopic (exact) mass is 403 g/mol. The maximum absolute atomic E-state index is 13.6. The maximum atomic E-state index is 13.6. The van der Waals surface area contributed by atoms with Crippen molar-refractivity contribution in [3.8, 4) is 0 Å². The lowest BCUT2D eigenvalue weighted by atomic mass is 9.87. The number of nitrogens with zero attached hydrogens (tertiary/aromatic N) is 3. The minimum Gasteiger partial charge on any atom is -0.364 e. The molecule has 5 nitrogen and oxygen atoms in total. The fourth-order valence-corrected chi connectivity index (χ4v) is 4.05. The maximum Gasteiger partial charge on any atom is 0.282 e. The van der Waals surface area contributed by atoms with E-state index in [-0.39, 0.29) is 17.2 Å². The normalized spacial score (nSPS) is 18.5. The largest absolute Gasteiger partial charge is 0.364 e. The first-order valence-electron chi connectivity index (χ1n) is 10.5. The third kappa shape index (κ3) is 3.65. The second kappa shape index (κ2) is 7.73. The molecule has 0 N–H and O–H groups in total. The summed E-state index contributed by atoms with van der Waals surface area (Å²) >= 11 is 0. The lowest BCUT2D eigenvalue weighted by molar-refractivity contribution is -0.120. The Morgan fingerprint density at radius 2 is 1.37 bits per heavy atom. The minimum atomic E-state index is -0.247. The molecule has 5 heteroatoms. The van der Waals surface area contributed by atoms with Crippen LogP contribution in [0.4, 0.5) is 5.69 Å². The summed E-state index contributed by atoms with van der Waals surface area (Å²) in [6.07, 6.45) is 0. The van der Waals surface area contributed by atoms with Crippen LogP contribution in [0.2, 0.25) is 0 Å². The molecule has 2 aromatic rings. The lowest BCUT2D eigenvalue weighted by Crippen LogP contribution is -2.46. The van der Waals surface area contributed by atoms with Crippen molar-refractivity contribution in [3.05, 3.63) is 71.4 Å². The van der Waals surface area contributed by atoms with Gasteiger partial charge in [-0.3, -0.25) is 9.59 Å². The van der Waals surface area contributed by atoms with Crippen LogP contribution in [0.15, 0.2) is 60.3 Å². The first kappa shape index (κ1) is 20.4. The number of carbonyl (C=O) groups excluding carboxylic acids is 2. The van der Waals surface area contributed by atoms with Gasteiger partial charge >= 0.3 is 0 Å². The fraction of sp³-hybridized carbons (Fsp3) is 0.360. The van der Waals surface area contributed by atoms with Crippen molar-refractivity contribution in [3.63, 3.8) is 0 Å². The van der Waals surface area contributed by atoms with E-state index in [2.05, 4.69) is 37.6 Å². The van der Waals surface area contributed by atoms with Gasteiger partial charge in [-0.1, -0.05) is 63.2 Å². The second-order valence-electron chi connectivity index (χ2n) is 9.12. The molecule has 4 rings (SSSR count). The highest BCUT2D eigenvalue weighted by Gasteiger charge is 2.42. The van der Waals surface area contributed by atoms with Crippen LogP contribution >= 0.6 is 0 Å². The van der Waals surface area contributed by atoms with Crippen molar-refractivity contribution in [2.45, 2.75) is 26.2 Å². The van der Waals surface area contributed by atoms with Gasteiger partial charge in [0.1, 0.15) is 5.70 Å². The molecule has 0 radical (unpaired) electrons.